The van der Waals surface area contributed by atoms with Crippen LogP contribution in [0.15, 0.2) is 18.2 Å². The molecule has 1 heterocycles. The first kappa shape index (κ1) is 13.7. The summed E-state index contributed by atoms with van der Waals surface area (Å²) in [6, 6.07) is 5.77. The first-order valence-corrected chi connectivity index (χ1v) is 6.84. The van der Waals surface area contributed by atoms with Gasteiger partial charge in [-0.15, -0.1) is 0 Å². The maximum atomic E-state index is 6.17. The molecular weight excluding hydrogens is 250 g/mol. The number of para-hydroxylation sites is 1. The Morgan fingerprint density at radius 2 is 2.28 bits per heavy atom. The zero-order chi connectivity index (χ0) is 13.0. The third kappa shape index (κ3) is 3.37. The first-order chi connectivity index (χ1) is 8.70. The van der Waals surface area contributed by atoms with Crippen molar-refractivity contribution < 1.29 is 9.47 Å². The lowest BCUT2D eigenvalue weighted by atomic mass is 10.1. The molecule has 100 valence electrons. The second-order valence-electron chi connectivity index (χ2n) is 4.72. The summed E-state index contributed by atoms with van der Waals surface area (Å²) in [5, 5.41) is 0.645. The number of hydrogen-bond acceptors (Lipinski definition) is 3. The zero-order valence-electron chi connectivity index (χ0n) is 10.7. The topological polar surface area (TPSA) is 44.5 Å². The number of rotatable bonds is 5. The smallest absolute Gasteiger partial charge is 0.141 e. The molecule has 0 radical (unpaired) electrons. The molecule has 2 unspecified atom stereocenters. The van der Waals surface area contributed by atoms with E-state index in [-0.39, 0.29) is 6.10 Å². The van der Waals surface area contributed by atoms with Gasteiger partial charge < -0.3 is 15.2 Å². The summed E-state index contributed by atoms with van der Waals surface area (Å²) in [5.74, 6) is 0.757. The van der Waals surface area contributed by atoms with Crippen LogP contribution in [0.5, 0.6) is 5.75 Å². The molecule has 2 rings (SSSR count). The summed E-state index contributed by atoms with van der Waals surface area (Å²) in [6.07, 6.45) is 3.46. The second-order valence-corrected chi connectivity index (χ2v) is 5.13. The van der Waals surface area contributed by atoms with Gasteiger partial charge in [-0.3, -0.25) is 0 Å². The Labute approximate surface area is 113 Å². The lowest BCUT2D eigenvalue weighted by Crippen LogP contribution is -2.18. The fourth-order valence-electron chi connectivity index (χ4n) is 2.25. The standard InChI is InChI=1S/C14H20ClNO2/c1-10-5-6-12(18-10)9-17-14-11(7-8-16)3-2-4-13(14)15/h2-4,10,12H,5-9,16H2,1H3. The summed E-state index contributed by atoms with van der Waals surface area (Å²) in [4.78, 5) is 0. The van der Waals surface area contributed by atoms with Crippen molar-refractivity contribution in [3.05, 3.63) is 28.8 Å². The van der Waals surface area contributed by atoms with Crippen molar-refractivity contribution in [3.8, 4) is 5.75 Å². The molecule has 0 aliphatic carbocycles. The molecular formula is C14H20ClNO2. The maximum Gasteiger partial charge on any atom is 0.141 e. The number of benzene rings is 1. The normalized spacial score (nSPS) is 23.3. The van der Waals surface area contributed by atoms with E-state index in [1.54, 1.807) is 0 Å². The van der Waals surface area contributed by atoms with E-state index in [0.29, 0.717) is 24.3 Å². The Kier molecular flexibility index (Phi) is 4.87. The first-order valence-electron chi connectivity index (χ1n) is 6.46. The molecule has 2 N–H and O–H groups in total. The summed E-state index contributed by atoms with van der Waals surface area (Å²) in [6.45, 7) is 3.24. The minimum atomic E-state index is 0.182. The number of hydrogen-bond donors (Lipinski definition) is 1. The molecule has 0 spiro atoms. The minimum Gasteiger partial charge on any atom is -0.489 e. The van der Waals surface area contributed by atoms with Gasteiger partial charge in [0.2, 0.25) is 0 Å². The molecule has 0 amide bonds. The zero-order valence-corrected chi connectivity index (χ0v) is 11.5. The SMILES string of the molecule is CC1CCC(COc2c(Cl)cccc2CCN)O1. The Morgan fingerprint density at radius 3 is 2.94 bits per heavy atom. The van der Waals surface area contributed by atoms with E-state index in [0.717, 1.165) is 30.6 Å². The van der Waals surface area contributed by atoms with Gasteiger partial charge in [0.1, 0.15) is 12.4 Å². The number of nitrogens with two attached hydrogens (primary N) is 1. The highest BCUT2D eigenvalue weighted by Crippen LogP contribution is 2.30. The summed E-state index contributed by atoms with van der Waals surface area (Å²) in [7, 11) is 0. The molecule has 18 heavy (non-hydrogen) atoms. The average molecular weight is 270 g/mol. The Morgan fingerprint density at radius 1 is 1.44 bits per heavy atom. The summed E-state index contributed by atoms with van der Waals surface area (Å²) in [5.41, 5.74) is 6.66. The quantitative estimate of drug-likeness (QED) is 0.894. The van der Waals surface area contributed by atoms with Crippen molar-refractivity contribution >= 4 is 11.6 Å². The van der Waals surface area contributed by atoms with Gasteiger partial charge in [-0.05, 0) is 44.4 Å². The Bertz CT molecular complexity index is 397. The van der Waals surface area contributed by atoms with E-state index in [2.05, 4.69) is 6.92 Å². The predicted octanol–water partition coefficient (Wildman–Crippen LogP) is 2.79. The van der Waals surface area contributed by atoms with Gasteiger partial charge in [0, 0.05) is 0 Å². The Balaban J connectivity index is 1.99. The lowest BCUT2D eigenvalue weighted by molar-refractivity contribution is 0.0263. The maximum absolute atomic E-state index is 6.17. The van der Waals surface area contributed by atoms with E-state index in [1.807, 2.05) is 18.2 Å². The second kappa shape index (κ2) is 6.41. The molecule has 0 aromatic heterocycles. The highest BCUT2D eigenvalue weighted by molar-refractivity contribution is 6.32. The molecule has 1 aliphatic rings. The van der Waals surface area contributed by atoms with Crippen molar-refractivity contribution in [1.82, 2.24) is 0 Å². The monoisotopic (exact) mass is 269 g/mol. The van der Waals surface area contributed by atoms with Crippen molar-refractivity contribution in [2.75, 3.05) is 13.2 Å². The van der Waals surface area contributed by atoms with E-state index < -0.39 is 0 Å². The van der Waals surface area contributed by atoms with Gasteiger partial charge in [-0.2, -0.15) is 0 Å². The van der Waals surface area contributed by atoms with E-state index in [1.165, 1.54) is 0 Å². The number of ether oxygens (including phenoxy) is 2. The number of halogens is 1. The van der Waals surface area contributed by atoms with Crippen molar-refractivity contribution in [1.29, 1.82) is 0 Å². The fourth-order valence-corrected chi connectivity index (χ4v) is 2.50. The van der Waals surface area contributed by atoms with Crippen molar-refractivity contribution in [2.45, 2.75) is 38.4 Å². The van der Waals surface area contributed by atoms with Crippen LogP contribution in [0, 0.1) is 0 Å². The van der Waals surface area contributed by atoms with E-state index in [4.69, 9.17) is 26.8 Å². The van der Waals surface area contributed by atoms with Gasteiger partial charge in [0.25, 0.3) is 0 Å². The molecule has 1 fully saturated rings. The fraction of sp³-hybridized carbons (Fsp3) is 0.571. The van der Waals surface area contributed by atoms with Crippen LogP contribution in [0.25, 0.3) is 0 Å². The Hall–Kier alpha value is -0.770. The molecule has 0 saturated carbocycles. The lowest BCUT2D eigenvalue weighted by Gasteiger charge is -2.16. The van der Waals surface area contributed by atoms with Gasteiger partial charge >= 0.3 is 0 Å². The van der Waals surface area contributed by atoms with Crippen LogP contribution in [0.2, 0.25) is 5.02 Å². The van der Waals surface area contributed by atoms with Gasteiger partial charge in [-0.1, -0.05) is 23.7 Å². The minimum absolute atomic E-state index is 0.182. The van der Waals surface area contributed by atoms with E-state index in [9.17, 15) is 0 Å². The average Bonchev–Trinajstić information content (AvgIpc) is 2.75. The summed E-state index contributed by atoms with van der Waals surface area (Å²) >= 11 is 6.17. The van der Waals surface area contributed by atoms with Gasteiger partial charge in [0.05, 0.1) is 17.2 Å². The van der Waals surface area contributed by atoms with Crippen LogP contribution < -0.4 is 10.5 Å². The highest BCUT2D eigenvalue weighted by atomic mass is 35.5. The summed E-state index contributed by atoms with van der Waals surface area (Å²) < 4.78 is 11.6. The van der Waals surface area contributed by atoms with Crippen LogP contribution in [0.4, 0.5) is 0 Å². The van der Waals surface area contributed by atoms with Gasteiger partial charge in [-0.25, -0.2) is 0 Å². The van der Waals surface area contributed by atoms with E-state index >= 15 is 0 Å². The van der Waals surface area contributed by atoms with Gasteiger partial charge in [0.15, 0.2) is 0 Å². The third-order valence-corrected chi connectivity index (χ3v) is 3.49. The molecule has 3 nitrogen and oxygen atoms in total. The highest BCUT2D eigenvalue weighted by Gasteiger charge is 2.22. The third-order valence-electron chi connectivity index (χ3n) is 3.20. The van der Waals surface area contributed by atoms with Crippen molar-refractivity contribution in [2.24, 2.45) is 5.73 Å². The molecule has 4 heteroatoms. The van der Waals surface area contributed by atoms with Crippen molar-refractivity contribution in [3.63, 3.8) is 0 Å². The van der Waals surface area contributed by atoms with Crippen LogP contribution in [0.3, 0.4) is 0 Å². The van der Waals surface area contributed by atoms with Crippen LogP contribution >= 0.6 is 11.6 Å². The molecule has 1 aliphatic heterocycles. The molecule has 1 saturated heterocycles. The molecule has 2 atom stereocenters. The molecule has 0 bridgehead atoms. The molecule has 1 aromatic carbocycles. The van der Waals surface area contributed by atoms with Crippen LogP contribution in [-0.4, -0.2) is 25.4 Å². The predicted molar refractivity (Wildman–Crippen MR) is 73.3 cm³/mol. The van der Waals surface area contributed by atoms with Crippen LogP contribution in [-0.2, 0) is 11.2 Å². The van der Waals surface area contributed by atoms with Crippen LogP contribution in [0.1, 0.15) is 25.3 Å². The molecule has 1 aromatic rings. The largest absolute Gasteiger partial charge is 0.489 e.